The Morgan fingerprint density at radius 2 is 1.62 bits per heavy atom. The third-order valence-electron chi connectivity index (χ3n) is 7.61. The van der Waals surface area contributed by atoms with Crippen LogP contribution in [0.3, 0.4) is 0 Å². The van der Waals surface area contributed by atoms with E-state index in [0.29, 0.717) is 18.6 Å². The van der Waals surface area contributed by atoms with Gasteiger partial charge in [-0.15, -0.1) is 0 Å². The van der Waals surface area contributed by atoms with Gasteiger partial charge in [0, 0.05) is 12.6 Å². The van der Waals surface area contributed by atoms with Crippen molar-refractivity contribution in [3.8, 4) is 5.75 Å². The lowest BCUT2D eigenvalue weighted by atomic mass is 10.1. The van der Waals surface area contributed by atoms with E-state index in [2.05, 4.69) is 5.32 Å². The Morgan fingerprint density at radius 1 is 0.976 bits per heavy atom. The predicted molar refractivity (Wildman–Crippen MR) is 160 cm³/mol. The summed E-state index contributed by atoms with van der Waals surface area (Å²) in [6.07, 6.45) is 4.75. The van der Waals surface area contributed by atoms with Gasteiger partial charge < -0.3 is 15.0 Å². The van der Waals surface area contributed by atoms with E-state index in [9.17, 15) is 22.4 Å². The number of halogens is 1. The number of carbonyl (C=O) groups is 2. The topological polar surface area (TPSA) is 96.0 Å². The fourth-order valence-corrected chi connectivity index (χ4v) is 6.69. The first-order valence-corrected chi connectivity index (χ1v) is 15.7. The zero-order valence-electron chi connectivity index (χ0n) is 24.0. The van der Waals surface area contributed by atoms with Gasteiger partial charge in [0.25, 0.3) is 10.0 Å². The van der Waals surface area contributed by atoms with Crippen molar-refractivity contribution in [1.82, 2.24) is 10.2 Å². The first-order valence-electron chi connectivity index (χ1n) is 14.3. The van der Waals surface area contributed by atoms with Crippen LogP contribution in [0.25, 0.3) is 0 Å². The highest BCUT2D eigenvalue weighted by atomic mass is 32.2. The standard InChI is InChI=1S/C32H38FN3O5S/c1-3-30(32(38)34-26-11-7-8-12-26)35(22-21-24-9-5-4-6-10-24)31(37)23-36(27-15-13-25(33)14-16-27)42(39,40)29-19-17-28(41-2)18-20-29/h4-6,9-10,13-20,26,30H,3,7-8,11-12,21-23H2,1-2H3,(H,34,38). The highest BCUT2D eigenvalue weighted by Gasteiger charge is 2.34. The Morgan fingerprint density at radius 3 is 2.21 bits per heavy atom. The molecule has 2 amide bonds. The SMILES string of the molecule is CCC(C(=O)NC1CCCC1)N(CCc1ccccc1)C(=O)CN(c1ccc(F)cc1)S(=O)(=O)c1ccc(OC)cc1. The van der Waals surface area contributed by atoms with Gasteiger partial charge in [0.05, 0.1) is 17.7 Å². The lowest BCUT2D eigenvalue weighted by Gasteiger charge is -2.33. The molecule has 1 atom stereocenters. The molecule has 0 heterocycles. The molecule has 4 rings (SSSR count). The molecule has 0 spiro atoms. The summed E-state index contributed by atoms with van der Waals surface area (Å²) in [4.78, 5) is 29.0. The van der Waals surface area contributed by atoms with Gasteiger partial charge in [0.1, 0.15) is 24.2 Å². The number of rotatable bonds is 13. The Balaban J connectivity index is 1.67. The number of ether oxygens (including phenoxy) is 1. The molecule has 1 aliphatic carbocycles. The number of nitrogens with one attached hydrogen (secondary N) is 1. The van der Waals surface area contributed by atoms with Gasteiger partial charge in [-0.05, 0) is 79.8 Å². The first kappa shape index (κ1) is 31.0. The molecule has 0 aliphatic heterocycles. The van der Waals surface area contributed by atoms with E-state index >= 15 is 0 Å². The zero-order valence-corrected chi connectivity index (χ0v) is 24.9. The number of nitrogens with zero attached hydrogens (tertiary/aromatic N) is 2. The third kappa shape index (κ3) is 7.67. The molecule has 1 aliphatic rings. The van der Waals surface area contributed by atoms with Crippen LogP contribution < -0.4 is 14.4 Å². The fourth-order valence-electron chi connectivity index (χ4n) is 5.27. The summed E-state index contributed by atoms with van der Waals surface area (Å²) in [5, 5.41) is 3.10. The number of sulfonamides is 1. The van der Waals surface area contributed by atoms with E-state index in [0.717, 1.165) is 47.7 Å². The number of hydrogen-bond acceptors (Lipinski definition) is 5. The van der Waals surface area contributed by atoms with Crippen LogP contribution in [-0.2, 0) is 26.0 Å². The average Bonchev–Trinajstić information content (AvgIpc) is 3.52. The summed E-state index contributed by atoms with van der Waals surface area (Å²) < 4.78 is 47.7. The number of amides is 2. The molecule has 42 heavy (non-hydrogen) atoms. The van der Waals surface area contributed by atoms with Gasteiger partial charge >= 0.3 is 0 Å². The number of hydrogen-bond donors (Lipinski definition) is 1. The lowest BCUT2D eigenvalue weighted by Crippen LogP contribution is -2.54. The predicted octanol–water partition coefficient (Wildman–Crippen LogP) is 4.94. The molecule has 3 aromatic rings. The number of methoxy groups -OCH3 is 1. The maximum absolute atomic E-state index is 14.1. The number of carbonyl (C=O) groups excluding carboxylic acids is 2. The van der Waals surface area contributed by atoms with Crippen molar-refractivity contribution in [1.29, 1.82) is 0 Å². The Bertz CT molecular complexity index is 1430. The van der Waals surface area contributed by atoms with E-state index < -0.39 is 34.3 Å². The normalized spacial score (nSPS) is 14.3. The van der Waals surface area contributed by atoms with Crippen LogP contribution in [0.2, 0.25) is 0 Å². The molecule has 0 radical (unpaired) electrons. The summed E-state index contributed by atoms with van der Waals surface area (Å²) in [7, 11) is -2.78. The van der Waals surface area contributed by atoms with Gasteiger partial charge in [-0.2, -0.15) is 0 Å². The fraction of sp³-hybridized carbons (Fsp3) is 0.375. The zero-order chi connectivity index (χ0) is 30.1. The Labute approximate surface area is 247 Å². The van der Waals surface area contributed by atoms with Gasteiger partial charge in [-0.1, -0.05) is 50.1 Å². The van der Waals surface area contributed by atoms with Crippen LogP contribution in [0.1, 0.15) is 44.6 Å². The lowest BCUT2D eigenvalue weighted by molar-refractivity contribution is -0.139. The van der Waals surface area contributed by atoms with Gasteiger partial charge in [-0.3, -0.25) is 13.9 Å². The summed E-state index contributed by atoms with van der Waals surface area (Å²) in [5.74, 6) is -0.826. The molecule has 0 saturated heterocycles. The minimum atomic E-state index is -4.25. The molecular weight excluding hydrogens is 557 g/mol. The number of benzene rings is 3. The first-order chi connectivity index (χ1) is 20.2. The van der Waals surface area contributed by atoms with Gasteiger partial charge in [0.15, 0.2) is 0 Å². The second-order valence-corrected chi connectivity index (χ2v) is 12.3. The molecule has 1 saturated carbocycles. The minimum absolute atomic E-state index is 0.0534. The second-order valence-electron chi connectivity index (χ2n) is 10.4. The van der Waals surface area contributed by atoms with Crippen LogP contribution in [0.15, 0.2) is 83.8 Å². The highest BCUT2D eigenvalue weighted by molar-refractivity contribution is 7.92. The van der Waals surface area contributed by atoms with Crippen molar-refractivity contribution in [2.75, 3.05) is 24.5 Å². The maximum Gasteiger partial charge on any atom is 0.264 e. The number of anilines is 1. The molecule has 1 N–H and O–H groups in total. The van der Waals surface area contributed by atoms with Crippen LogP contribution in [-0.4, -0.2) is 57.4 Å². The van der Waals surface area contributed by atoms with E-state index in [1.165, 1.54) is 48.4 Å². The molecule has 1 fully saturated rings. The average molecular weight is 596 g/mol. The van der Waals surface area contributed by atoms with Crippen molar-refractivity contribution in [3.05, 3.63) is 90.2 Å². The Hall–Kier alpha value is -3.92. The van der Waals surface area contributed by atoms with E-state index in [4.69, 9.17) is 4.74 Å². The monoisotopic (exact) mass is 595 g/mol. The smallest absolute Gasteiger partial charge is 0.264 e. The van der Waals surface area contributed by atoms with Crippen molar-refractivity contribution in [2.24, 2.45) is 0 Å². The molecule has 1 unspecified atom stereocenters. The van der Waals surface area contributed by atoms with Crippen LogP contribution >= 0.6 is 0 Å². The third-order valence-corrected chi connectivity index (χ3v) is 9.40. The summed E-state index contributed by atoms with van der Waals surface area (Å²) in [5.41, 5.74) is 1.12. The van der Waals surface area contributed by atoms with E-state index in [1.54, 1.807) is 0 Å². The molecule has 10 heteroatoms. The minimum Gasteiger partial charge on any atom is -0.497 e. The van der Waals surface area contributed by atoms with E-state index in [1.807, 2.05) is 37.3 Å². The van der Waals surface area contributed by atoms with E-state index in [-0.39, 0.29) is 29.1 Å². The highest BCUT2D eigenvalue weighted by Crippen LogP contribution is 2.26. The summed E-state index contributed by atoms with van der Waals surface area (Å²) in [6, 6.07) is 19.7. The Kier molecular flexibility index (Phi) is 10.6. The van der Waals surface area contributed by atoms with Crippen LogP contribution in [0.4, 0.5) is 10.1 Å². The largest absolute Gasteiger partial charge is 0.497 e. The van der Waals surface area contributed by atoms with Gasteiger partial charge in [0.2, 0.25) is 11.8 Å². The molecule has 3 aromatic carbocycles. The van der Waals surface area contributed by atoms with Crippen molar-refractivity contribution >= 4 is 27.5 Å². The van der Waals surface area contributed by atoms with Crippen LogP contribution in [0.5, 0.6) is 5.75 Å². The molecule has 8 nitrogen and oxygen atoms in total. The quantitative estimate of drug-likeness (QED) is 0.302. The van der Waals surface area contributed by atoms with Crippen molar-refractivity contribution in [3.63, 3.8) is 0 Å². The molecule has 0 bridgehead atoms. The maximum atomic E-state index is 14.1. The van der Waals surface area contributed by atoms with Crippen molar-refractivity contribution in [2.45, 2.75) is 62.4 Å². The second kappa shape index (κ2) is 14.3. The van der Waals surface area contributed by atoms with Gasteiger partial charge in [-0.25, -0.2) is 12.8 Å². The van der Waals surface area contributed by atoms with Crippen LogP contribution in [0, 0.1) is 5.82 Å². The van der Waals surface area contributed by atoms with Crippen molar-refractivity contribution < 1.29 is 27.1 Å². The molecule has 224 valence electrons. The molecular formula is C32H38FN3O5S. The summed E-state index contributed by atoms with van der Waals surface area (Å²) >= 11 is 0. The summed E-state index contributed by atoms with van der Waals surface area (Å²) in [6.45, 7) is 1.49. The molecule has 0 aromatic heterocycles.